The summed E-state index contributed by atoms with van der Waals surface area (Å²) in [5.74, 6) is 3.75. The van der Waals surface area contributed by atoms with Crippen molar-refractivity contribution in [1.29, 1.82) is 0 Å². The summed E-state index contributed by atoms with van der Waals surface area (Å²) in [7, 11) is 1.59. The standard InChI is InChI=1S/C14H14ClFN4O/c1-20(8-9-2-4-10(15)5-3-9)14(21)11-6-7-18-13(19-17)12(11)16/h2-7H,8,17H2,1H3,(H,18,19). The van der Waals surface area contributed by atoms with Crippen molar-refractivity contribution in [2.24, 2.45) is 5.84 Å². The fourth-order valence-corrected chi connectivity index (χ4v) is 1.98. The molecule has 1 heterocycles. The normalized spacial score (nSPS) is 10.3. The smallest absolute Gasteiger partial charge is 0.257 e. The number of hydrogen-bond acceptors (Lipinski definition) is 4. The Labute approximate surface area is 126 Å². The van der Waals surface area contributed by atoms with E-state index in [0.717, 1.165) is 5.56 Å². The van der Waals surface area contributed by atoms with Crippen LogP contribution in [0.3, 0.4) is 0 Å². The van der Waals surface area contributed by atoms with Crippen LogP contribution in [0.1, 0.15) is 15.9 Å². The second-order valence-electron chi connectivity index (χ2n) is 4.45. The minimum atomic E-state index is -0.770. The Morgan fingerprint density at radius 2 is 2.05 bits per heavy atom. The van der Waals surface area contributed by atoms with Crippen LogP contribution in [-0.4, -0.2) is 22.8 Å². The van der Waals surface area contributed by atoms with E-state index >= 15 is 0 Å². The van der Waals surface area contributed by atoms with Gasteiger partial charge in [-0.05, 0) is 23.8 Å². The average molecular weight is 309 g/mol. The van der Waals surface area contributed by atoms with Crippen molar-refractivity contribution in [3.8, 4) is 0 Å². The minimum Gasteiger partial charge on any atom is -0.337 e. The number of hydrazine groups is 1. The molecule has 0 atom stereocenters. The van der Waals surface area contributed by atoms with Gasteiger partial charge in [0.05, 0.1) is 5.56 Å². The van der Waals surface area contributed by atoms with Crippen molar-refractivity contribution in [2.45, 2.75) is 6.54 Å². The molecule has 2 rings (SSSR count). The van der Waals surface area contributed by atoms with Gasteiger partial charge in [-0.15, -0.1) is 0 Å². The molecule has 5 nitrogen and oxygen atoms in total. The lowest BCUT2D eigenvalue weighted by Crippen LogP contribution is -2.27. The van der Waals surface area contributed by atoms with Crippen LogP contribution >= 0.6 is 11.6 Å². The van der Waals surface area contributed by atoms with E-state index in [2.05, 4.69) is 10.4 Å². The summed E-state index contributed by atoms with van der Waals surface area (Å²) in [5.41, 5.74) is 2.92. The van der Waals surface area contributed by atoms with Crippen molar-refractivity contribution in [3.05, 3.63) is 58.5 Å². The number of pyridine rings is 1. The first-order chi connectivity index (χ1) is 10.0. The van der Waals surface area contributed by atoms with Gasteiger partial charge in [-0.2, -0.15) is 0 Å². The van der Waals surface area contributed by atoms with Gasteiger partial charge in [0, 0.05) is 24.8 Å². The number of benzene rings is 1. The number of nitrogens with two attached hydrogens (primary N) is 1. The lowest BCUT2D eigenvalue weighted by molar-refractivity contribution is 0.0780. The molecule has 7 heteroatoms. The summed E-state index contributed by atoms with van der Waals surface area (Å²) in [6.45, 7) is 0.336. The summed E-state index contributed by atoms with van der Waals surface area (Å²) in [5, 5.41) is 0.617. The highest BCUT2D eigenvalue weighted by Crippen LogP contribution is 2.17. The average Bonchev–Trinajstić information content (AvgIpc) is 2.49. The van der Waals surface area contributed by atoms with Gasteiger partial charge in [0.25, 0.3) is 5.91 Å². The molecule has 1 aromatic carbocycles. The number of nitrogen functional groups attached to an aromatic ring is 1. The number of nitrogens with one attached hydrogen (secondary N) is 1. The predicted octanol–water partition coefficient (Wildman–Crippen LogP) is 2.43. The Hall–Kier alpha value is -2.18. The number of nitrogens with zero attached hydrogens (tertiary/aromatic N) is 2. The lowest BCUT2D eigenvalue weighted by atomic mass is 10.2. The topological polar surface area (TPSA) is 71.2 Å². The largest absolute Gasteiger partial charge is 0.337 e. The van der Waals surface area contributed by atoms with Crippen molar-refractivity contribution < 1.29 is 9.18 Å². The third-order valence-corrected chi connectivity index (χ3v) is 3.19. The molecule has 3 N–H and O–H groups in total. The Bertz CT molecular complexity index is 648. The fraction of sp³-hybridized carbons (Fsp3) is 0.143. The van der Waals surface area contributed by atoms with Gasteiger partial charge >= 0.3 is 0 Å². The number of rotatable bonds is 4. The number of amides is 1. The van der Waals surface area contributed by atoms with Gasteiger partial charge in [0.2, 0.25) is 0 Å². The molecule has 0 spiro atoms. The lowest BCUT2D eigenvalue weighted by Gasteiger charge is -2.18. The van der Waals surface area contributed by atoms with Crippen LogP contribution in [0.5, 0.6) is 0 Å². The molecule has 21 heavy (non-hydrogen) atoms. The van der Waals surface area contributed by atoms with Gasteiger partial charge in [-0.25, -0.2) is 15.2 Å². The van der Waals surface area contributed by atoms with Crippen LogP contribution in [0.25, 0.3) is 0 Å². The van der Waals surface area contributed by atoms with Crippen LogP contribution in [0.2, 0.25) is 5.02 Å². The third kappa shape index (κ3) is 3.48. The molecular formula is C14H14ClFN4O. The summed E-state index contributed by atoms with van der Waals surface area (Å²) < 4.78 is 14.0. The molecular weight excluding hydrogens is 295 g/mol. The first-order valence-electron chi connectivity index (χ1n) is 6.14. The summed E-state index contributed by atoms with van der Waals surface area (Å²) in [4.78, 5) is 17.4. The first-order valence-corrected chi connectivity index (χ1v) is 6.51. The Balaban J connectivity index is 2.17. The predicted molar refractivity (Wildman–Crippen MR) is 79.3 cm³/mol. The molecule has 1 aromatic heterocycles. The van der Waals surface area contributed by atoms with Gasteiger partial charge < -0.3 is 10.3 Å². The highest BCUT2D eigenvalue weighted by atomic mass is 35.5. The number of hydrogen-bond donors (Lipinski definition) is 2. The second kappa shape index (κ2) is 6.51. The number of carbonyl (C=O) groups is 1. The number of halogens is 2. The molecule has 0 bridgehead atoms. The van der Waals surface area contributed by atoms with E-state index in [1.54, 1.807) is 19.2 Å². The van der Waals surface area contributed by atoms with Crippen LogP contribution in [-0.2, 0) is 6.54 Å². The molecule has 110 valence electrons. The molecule has 1 amide bonds. The Kier molecular flexibility index (Phi) is 4.72. The highest BCUT2D eigenvalue weighted by molar-refractivity contribution is 6.30. The van der Waals surface area contributed by atoms with Gasteiger partial charge in [-0.3, -0.25) is 4.79 Å². The van der Waals surface area contributed by atoms with Crippen molar-refractivity contribution in [3.63, 3.8) is 0 Å². The molecule has 0 aliphatic heterocycles. The summed E-state index contributed by atoms with van der Waals surface area (Å²) >= 11 is 5.80. The van der Waals surface area contributed by atoms with E-state index in [9.17, 15) is 9.18 Å². The maximum Gasteiger partial charge on any atom is 0.257 e. The number of carbonyl (C=O) groups excluding carboxylic acids is 1. The van der Waals surface area contributed by atoms with E-state index in [1.807, 2.05) is 12.1 Å². The second-order valence-corrected chi connectivity index (χ2v) is 4.89. The Morgan fingerprint density at radius 1 is 1.38 bits per heavy atom. The molecule has 0 unspecified atom stereocenters. The van der Waals surface area contributed by atoms with E-state index in [-0.39, 0.29) is 11.4 Å². The SMILES string of the molecule is CN(Cc1ccc(Cl)cc1)C(=O)c1ccnc(NN)c1F. The van der Waals surface area contributed by atoms with Crippen molar-refractivity contribution in [1.82, 2.24) is 9.88 Å². The maximum absolute atomic E-state index is 14.0. The zero-order chi connectivity index (χ0) is 15.4. The first kappa shape index (κ1) is 15.2. The summed E-state index contributed by atoms with van der Waals surface area (Å²) in [6.07, 6.45) is 1.32. The molecule has 0 aliphatic carbocycles. The van der Waals surface area contributed by atoms with Crippen LogP contribution < -0.4 is 11.3 Å². The van der Waals surface area contributed by atoms with Crippen molar-refractivity contribution >= 4 is 23.3 Å². The highest BCUT2D eigenvalue weighted by Gasteiger charge is 2.19. The molecule has 0 saturated heterocycles. The quantitative estimate of drug-likeness (QED) is 0.672. The third-order valence-electron chi connectivity index (χ3n) is 2.94. The maximum atomic E-state index is 14.0. The van der Waals surface area contributed by atoms with Crippen LogP contribution in [0.4, 0.5) is 10.2 Å². The van der Waals surface area contributed by atoms with E-state index in [1.165, 1.54) is 17.2 Å². The van der Waals surface area contributed by atoms with Gasteiger partial charge in [0.1, 0.15) is 0 Å². The van der Waals surface area contributed by atoms with Crippen LogP contribution in [0.15, 0.2) is 36.5 Å². The minimum absolute atomic E-state index is 0.0885. The Morgan fingerprint density at radius 3 is 2.67 bits per heavy atom. The number of aromatic nitrogens is 1. The van der Waals surface area contributed by atoms with E-state index < -0.39 is 11.7 Å². The zero-order valence-electron chi connectivity index (χ0n) is 11.3. The van der Waals surface area contributed by atoms with E-state index in [4.69, 9.17) is 17.4 Å². The van der Waals surface area contributed by atoms with Crippen molar-refractivity contribution in [2.75, 3.05) is 12.5 Å². The molecule has 0 fully saturated rings. The van der Waals surface area contributed by atoms with Crippen LogP contribution in [0, 0.1) is 5.82 Å². The van der Waals surface area contributed by atoms with Gasteiger partial charge in [-0.1, -0.05) is 23.7 Å². The zero-order valence-corrected chi connectivity index (χ0v) is 12.1. The fourth-order valence-electron chi connectivity index (χ4n) is 1.85. The summed E-state index contributed by atoms with van der Waals surface area (Å²) in [6, 6.07) is 8.40. The molecule has 2 aromatic rings. The molecule has 0 saturated carbocycles. The van der Waals surface area contributed by atoms with Gasteiger partial charge in [0.15, 0.2) is 11.6 Å². The monoisotopic (exact) mass is 308 g/mol. The molecule has 0 radical (unpaired) electrons. The van der Waals surface area contributed by atoms with E-state index in [0.29, 0.717) is 11.6 Å². The number of anilines is 1. The molecule has 0 aliphatic rings.